The SMILES string of the molecule is CCOC(=O)c1cnn(-c2nc3ccc(OC)cc3s2)c1N. The molecule has 2 aromatic heterocycles. The van der Waals surface area contributed by atoms with E-state index in [1.165, 1.54) is 22.2 Å². The fraction of sp³-hybridized carbons (Fsp3) is 0.214. The summed E-state index contributed by atoms with van der Waals surface area (Å²) in [6.45, 7) is 2.02. The number of nitrogen functional groups attached to an aromatic ring is 1. The number of hydrogen-bond acceptors (Lipinski definition) is 7. The van der Waals surface area contributed by atoms with Crippen molar-refractivity contribution in [2.45, 2.75) is 6.92 Å². The summed E-state index contributed by atoms with van der Waals surface area (Å²) in [6.07, 6.45) is 1.39. The number of nitrogens with two attached hydrogens (primary N) is 1. The van der Waals surface area contributed by atoms with Gasteiger partial charge in [0.2, 0.25) is 5.13 Å². The van der Waals surface area contributed by atoms with Crippen molar-refractivity contribution in [1.82, 2.24) is 14.8 Å². The van der Waals surface area contributed by atoms with Gasteiger partial charge in [0.1, 0.15) is 17.1 Å². The molecule has 2 heterocycles. The van der Waals surface area contributed by atoms with E-state index in [0.29, 0.717) is 5.13 Å². The molecule has 0 aliphatic heterocycles. The van der Waals surface area contributed by atoms with Crippen molar-refractivity contribution in [2.75, 3.05) is 19.5 Å². The van der Waals surface area contributed by atoms with Crippen LogP contribution in [0.4, 0.5) is 5.82 Å². The maximum Gasteiger partial charge on any atom is 0.343 e. The third-order valence-corrected chi connectivity index (χ3v) is 4.06. The second-order valence-corrected chi connectivity index (χ2v) is 5.41. The van der Waals surface area contributed by atoms with E-state index in [1.54, 1.807) is 14.0 Å². The molecule has 0 saturated carbocycles. The summed E-state index contributed by atoms with van der Waals surface area (Å²) in [7, 11) is 1.61. The molecule has 0 aliphatic rings. The third-order valence-electron chi connectivity index (χ3n) is 3.07. The van der Waals surface area contributed by atoms with Crippen molar-refractivity contribution in [1.29, 1.82) is 0 Å². The monoisotopic (exact) mass is 318 g/mol. The number of rotatable bonds is 4. The molecular formula is C14H14N4O3S. The lowest BCUT2D eigenvalue weighted by Gasteiger charge is -2.01. The van der Waals surface area contributed by atoms with Crippen LogP contribution in [0.3, 0.4) is 0 Å². The van der Waals surface area contributed by atoms with Gasteiger partial charge in [0, 0.05) is 0 Å². The molecule has 0 unspecified atom stereocenters. The van der Waals surface area contributed by atoms with Gasteiger partial charge in [-0.05, 0) is 25.1 Å². The Morgan fingerprint density at radius 1 is 1.45 bits per heavy atom. The Hall–Kier alpha value is -2.61. The van der Waals surface area contributed by atoms with Gasteiger partial charge in [0.25, 0.3) is 0 Å². The standard InChI is InChI=1S/C14H14N4O3S/c1-3-21-13(19)9-7-16-18(12(9)15)14-17-10-5-4-8(20-2)6-11(10)22-14/h4-7H,3,15H2,1-2H3. The number of thiazole rings is 1. The minimum atomic E-state index is -0.492. The Kier molecular flexibility index (Phi) is 3.68. The zero-order valence-corrected chi connectivity index (χ0v) is 12.9. The van der Waals surface area contributed by atoms with Crippen LogP contribution in [0.2, 0.25) is 0 Å². The van der Waals surface area contributed by atoms with Gasteiger partial charge in [-0.15, -0.1) is 0 Å². The normalized spacial score (nSPS) is 10.8. The Labute approximate surface area is 130 Å². The van der Waals surface area contributed by atoms with Gasteiger partial charge in [0.05, 0.1) is 30.1 Å². The number of carbonyl (C=O) groups is 1. The molecule has 0 fully saturated rings. The second-order valence-electron chi connectivity index (χ2n) is 4.41. The third kappa shape index (κ3) is 2.37. The summed E-state index contributed by atoms with van der Waals surface area (Å²) >= 11 is 1.41. The molecule has 22 heavy (non-hydrogen) atoms. The van der Waals surface area contributed by atoms with Crippen molar-refractivity contribution < 1.29 is 14.3 Å². The molecule has 0 aliphatic carbocycles. The number of hydrogen-bond donors (Lipinski definition) is 1. The number of benzene rings is 1. The summed E-state index contributed by atoms with van der Waals surface area (Å²) in [5, 5.41) is 4.71. The van der Waals surface area contributed by atoms with Crippen molar-refractivity contribution in [2.24, 2.45) is 0 Å². The number of carbonyl (C=O) groups excluding carboxylic acids is 1. The number of aromatic nitrogens is 3. The average molecular weight is 318 g/mol. The lowest BCUT2D eigenvalue weighted by Crippen LogP contribution is -2.08. The maximum atomic E-state index is 11.8. The molecule has 114 valence electrons. The molecule has 3 aromatic rings. The van der Waals surface area contributed by atoms with Gasteiger partial charge < -0.3 is 15.2 Å². The molecule has 2 N–H and O–H groups in total. The Bertz CT molecular complexity index is 840. The molecule has 0 atom stereocenters. The first kappa shape index (κ1) is 14.3. The van der Waals surface area contributed by atoms with E-state index in [4.69, 9.17) is 15.2 Å². The van der Waals surface area contributed by atoms with Crippen LogP contribution in [0.1, 0.15) is 17.3 Å². The van der Waals surface area contributed by atoms with E-state index >= 15 is 0 Å². The smallest absolute Gasteiger partial charge is 0.343 e. The van der Waals surface area contributed by atoms with Crippen LogP contribution in [0.5, 0.6) is 5.75 Å². The number of fused-ring (bicyclic) bond motifs is 1. The zero-order valence-electron chi connectivity index (χ0n) is 12.1. The van der Waals surface area contributed by atoms with Gasteiger partial charge in [-0.1, -0.05) is 11.3 Å². The highest BCUT2D eigenvalue weighted by atomic mass is 32.1. The first-order chi connectivity index (χ1) is 10.6. The van der Waals surface area contributed by atoms with Crippen molar-refractivity contribution in [3.63, 3.8) is 0 Å². The van der Waals surface area contributed by atoms with Crippen LogP contribution < -0.4 is 10.5 Å². The summed E-state index contributed by atoms with van der Waals surface area (Å²) < 4.78 is 12.5. The first-order valence-electron chi connectivity index (χ1n) is 6.59. The minimum absolute atomic E-state index is 0.212. The molecule has 3 rings (SSSR count). The highest BCUT2D eigenvalue weighted by molar-refractivity contribution is 7.20. The van der Waals surface area contributed by atoms with Gasteiger partial charge in [-0.2, -0.15) is 9.78 Å². The molecule has 0 radical (unpaired) electrons. The second kappa shape index (κ2) is 5.64. The minimum Gasteiger partial charge on any atom is -0.497 e. The Balaban J connectivity index is 2.02. The number of esters is 1. The van der Waals surface area contributed by atoms with Crippen LogP contribution in [0.25, 0.3) is 15.3 Å². The largest absolute Gasteiger partial charge is 0.497 e. The fourth-order valence-corrected chi connectivity index (χ4v) is 2.95. The van der Waals surface area contributed by atoms with E-state index in [1.807, 2.05) is 18.2 Å². The highest BCUT2D eigenvalue weighted by Gasteiger charge is 2.19. The van der Waals surface area contributed by atoms with Gasteiger partial charge in [-0.25, -0.2) is 9.78 Å². The Morgan fingerprint density at radius 3 is 3.00 bits per heavy atom. The molecule has 8 heteroatoms. The molecular weight excluding hydrogens is 304 g/mol. The van der Waals surface area contributed by atoms with Crippen molar-refractivity contribution in [3.05, 3.63) is 30.0 Å². The van der Waals surface area contributed by atoms with Crippen LogP contribution in [-0.2, 0) is 4.74 Å². The molecule has 0 spiro atoms. The van der Waals surface area contributed by atoms with E-state index in [0.717, 1.165) is 16.0 Å². The molecule has 0 saturated heterocycles. The van der Waals surface area contributed by atoms with Crippen molar-refractivity contribution in [3.8, 4) is 10.9 Å². The predicted molar refractivity (Wildman–Crippen MR) is 83.7 cm³/mol. The lowest BCUT2D eigenvalue weighted by molar-refractivity contribution is 0.0527. The fourth-order valence-electron chi connectivity index (χ4n) is 1.99. The van der Waals surface area contributed by atoms with Gasteiger partial charge >= 0.3 is 5.97 Å². The number of nitrogens with zero attached hydrogens (tertiary/aromatic N) is 3. The summed E-state index contributed by atoms with van der Waals surface area (Å²) in [4.78, 5) is 16.2. The maximum absolute atomic E-state index is 11.8. The molecule has 7 nitrogen and oxygen atoms in total. The number of methoxy groups -OCH3 is 1. The topological polar surface area (TPSA) is 92.3 Å². The summed E-state index contributed by atoms with van der Waals surface area (Å²) in [5.41, 5.74) is 7.03. The summed E-state index contributed by atoms with van der Waals surface area (Å²) in [5.74, 6) is 0.474. The van der Waals surface area contributed by atoms with Crippen LogP contribution in [-0.4, -0.2) is 34.5 Å². The van der Waals surface area contributed by atoms with Gasteiger partial charge in [-0.3, -0.25) is 0 Å². The van der Waals surface area contributed by atoms with E-state index < -0.39 is 5.97 Å². The molecule has 0 amide bonds. The quantitative estimate of drug-likeness (QED) is 0.742. The van der Waals surface area contributed by atoms with E-state index in [2.05, 4.69) is 10.1 Å². The first-order valence-corrected chi connectivity index (χ1v) is 7.41. The Morgan fingerprint density at radius 2 is 2.27 bits per heavy atom. The van der Waals surface area contributed by atoms with Crippen LogP contribution in [0.15, 0.2) is 24.4 Å². The molecule has 0 bridgehead atoms. The lowest BCUT2D eigenvalue weighted by atomic mass is 10.3. The van der Waals surface area contributed by atoms with Crippen molar-refractivity contribution >= 4 is 33.3 Å². The summed E-state index contributed by atoms with van der Waals surface area (Å²) in [6, 6.07) is 5.59. The predicted octanol–water partition coefficient (Wildman–Crippen LogP) is 2.25. The average Bonchev–Trinajstić information content (AvgIpc) is 3.09. The number of anilines is 1. The van der Waals surface area contributed by atoms with Crippen LogP contribution >= 0.6 is 11.3 Å². The zero-order chi connectivity index (χ0) is 15.7. The highest BCUT2D eigenvalue weighted by Crippen LogP contribution is 2.29. The van der Waals surface area contributed by atoms with E-state index in [9.17, 15) is 4.79 Å². The van der Waals surface area contributed by atoms with Crippen LogP contribution in [0, 0.1) is 0 Å². The van der Waals surface area contributed by atoms with E-state index in [-0.39, 0.29) is 18.0 Å². The molecule has 1 aromatic carbocycles. The van der Waals surface area contributed by atoms with Gasteiger partial charge in [0.15, 0.2) is 0 Å². The number of ether oxygens (including phenoxy) is 2.